The second kappa shape index (κ2) is 4.51. The molecule has 3 aromatic rings. The summed E-state index contributed by atoms with van der Waals surface area (Å²) in [6, 6.07) is 7.59. The molecule has 0 fully saturated rings. The van der Waals surface area contributed by atoms with Crippen molar-refractivity contribution < 1.29 is 0 Å². The molecule has 2 heterocycles. The van der Waals surface area contributed by atoms with Gasteiger partial charge in [0.25, 0.3) is 0 Å². The van der Waals surface area contributed by atoms with E-state index in [1.807, 2.05) is 28.8 Å². The first-order chi connectivity index (χ1) is 8.75. The first-order valence-electron chi connectivity index (χ1n) is 5.37. The number of hydrogen-bond acceptors (Lipinski definition) is 3. The molecule has 0 amide bonds. The Hall–Kier alpha value is -1.72. The van der Waals surface area contributed by atoms with Crippen molar-refractivity contribution in [3.8, 4) is 0 Å². The van der Waals surface area contributed by atoms with E-state index in [1.54, 1.807) is 6.20 Å². The molecule has 18 heavy (non-hydrogen) atoms. The van der Waals surface area contributed by atoms with Crippen LogP contribution in [0.15, 0.2) is 36.8 Å². The van der Waals surface area contributed by atoms with E-state index in [4.69, 9.17) is 23.8 Å². The molecule has 1 aromatic carbocycles. The number of fused-ring (bicyclic) bond motifs is 1. The Kier molecular flexibility index (Phi) is 2.85. The summed E-state index contributed by atoms with van der Waals surface area (Å²) in [4.78, 5) is 11.2. The van der Waals surface area contributed by atoms with Crippen LogP contribution >= 0.6 is 23.8 Å². The molecule has 6 heteroatoms. The zero-order chi connectivity index (χ0) is 12.5. The summed E-state index contributed by atoms with van der Waals surface area (Å²) in [6.45, 7) is 0.599. The summed E-state index contributed by atoms with van der Waals surface area (Å²) in [6.07, 6.45) is 3.24. The van der Waals surface area contributed by atoms with Gasteiger partial charge in [-0.2, -0.15) is 0 Å². The highest BCUT2D eigenvalue weighted by atomic mass is 35.5. The molecule has 0 bridgehead atoms. The molecule has 0 atom stereocenters. The SMILES string of the molecule is S=c1[nH]c2c(Cl)cccc2n1Cc1ccncn1. The summed E-state index contributed by atoms with van der Waals surface area (Å²) in [7, 11) is 0. The molecule has 0 saturated heterocycles. The predicted molar refractivity (Wildman–Crippen MR) is 73.3 cm³/mol. The van der Waals surface area contributed by atoms with Crippen LogP contribution in [-0.4, -0.2) is 19.5 Å². The zero-order valence-electron chi connectivity index (χ0n) is 9.30. The maximum atomic E-state index is 6.13. The molecule has 4 nitrogen and oxygen atoms in total. The van der Waals surface area contributed by atoms with Crippen LogP contribution in [-0.2, 0) is 6.54 Å². The quantitative estimate of drug-likeness (QED) is 0.731. The van der Waals surface area contributed by atoms with Crippen molar-refractivity contribution >= 4 is 34.9 Å². The number of benzene rings is 1. The molecular weight excluding hydrogens is 268 g/mol. The standard InChI is InChI=1S/C12H9ClN4S/c13-9-2-1-3-10-11(9)16-12(18)17(10)6-8-4-5-14-7-15-8/h1-5,7H,6H2,(H,16,18). The van der Waals surface area contributed by atoms with Gasteiger partial charge in [-0.15, -0.1) is 0 Å². The number of H-pyrrole nitrogens is 1. The normalized spacial score (nSPS) is 10.9. The Morgan fingerprint density at radius 2 is 2.22 bits per heavy atom. The predicted octanol–water partition coefficient (Wildman–Crippen LogP) is 3.19. The fraction of sp³-hybridized carbons (Fsp3) is 0.0833. The molecule has 0 spiro atoms. The molecule has 2 aromatic heterocycles. The van der Waals surface area contributed by atoms with Gasteiger partial charge in [-0.05, 0) is 30.4 Å². The number of hydrogen-bond donors (Lipinski definition) is 1. The largest absolute Gasteiger partial charge is 0.329 e. The molecule has 0 aliphatic rings. The van der Waals surface area contributed by atoms with Crippen molar-refractivity contribution in [3.05, 3.63) is 52.3 Å². The molecule has 0 saturated carbocycles. The lowest BCUT2D eigenvalue weighted by Gasteiger charge is -2.03. The second-order valence-electron chi connectivity index (χ2n) is 3.85. The van der Waals surface area contributed by atoms with Crippen LogP contribution in [0, 0.1) is 4.77 Å². The average molecular weight is 277 g/mol. The third-order valence-electron chi connectivity index (χ3n) is 2.72. The van der Waals surface area contributed by atoms with E-state index < -0.39 is 0 Å². The van der Waals surface area contributed by atoms with Crippen LogP contribution in [0.1, 0.15) is 5.69 Å². The number of aromatic amines is 1. The Labute approximate surface area is 113 Å². The Bertz CT molecular complexity index is 748. The van der Waals surface area contributed by atoms with E-state index in [0.717, 1.165) is 16.7 Å². The summed E-state index contributed by atoms with van der Waals surface area (Å²) in [5.41, 5.74) is 2.74. The number of imidazole rings is 1. The molecule has 0 radical (unpaired) electrons. The summed E-state index contributed by atoms with van der Waals surface area (Å²) >= 11 is 11.4. The van der Waals surface area contributed by atoms with Crippen LogP contribution in [0.4, 0.5) is 0 Å². The molecular formula is C12H9ClN4S. The van der Waals surface area contributed by atoms with E-state index >= 15 is 0 Å². The maximum absolute atomic E-state index is 6.13. The van der Waals surface area contributed by atoms with Gasteiger partial charge in [0.05, 0.1) is 28.3 Å². The van der Waals surface area contributed by atoms with Gasteiger partial charge in [0.15, 0.2) is 4.77 Å². The van der Waals surface area contributed by atoms with Gasteiger partial charge >= 0.3 is 0 Å². The van der Waals surface area contributed by atoms with Crippen LogP contribution in [0.3, 0.4) is 0 Å². The van der Waals surface area contributed by atoms with E-state index in [1.165, 1.54) is 6.33 Å². The van der Waals surface area contributed by atoms with Crippen LogP contribution in [0.2, 0.25) is 5.02 Å². The highest BCUT2D eigenvalue weighted by Gasteiger charge is 2.07. The monoisotopic (exact) mass is 276 g/mol. The van der Waals surface area contributed by atoms with Gasteiger partial charge in [-0.1, -0.05) is 17.7 Å². The third kappa shape index (κ3) is 1.91. The lowest BCUT2D eigenvalue weighted by molar-refractivity contribution is 0.780. The van der Waals surface area contributed by atoms with E-state index in [2.05, 4.69) is 15.0 Å². The Balaban J connectivity index is 2.15. The van der Waals surface area contributed by atoms with E-state index in [9.17, 15) is 0 Å². The minimum Gasteiger partial charge on any atom is -0.329 e. The van der Waals surface area contributed by atoms with Crippen molar-refractivity contribution in [1.82, 2.24) is 19.5 Å². The van der Waals surface area contributed by atoms with Crippen LogP contribution in [0.25, 0.3) is 11.0 Å². The Morgan fingerprint density at radius 3 is 3.00 bits per heavy atom. The van der Waals surface area contributed by atoms with Crippen molar-refractivity contribution in [2.45, 2.75) is 6.54 Å². The highest BCUT2D eigenvalue weighted by Crippen LogP contribution is 2.22. The fourth-order valence-electron chi connectivity index (χ4n) is 1.88. The minimum absolute atomic E-state index is 0.599. The Morgan fingerprint density at radius 1 is 1.33 bits per heavy atom. The zero-order valence-corrected chi connectivity index (χ0v) is 10.9. The van der Waals surface area contributed by atoms with Crippen molar-refractivity contribution in [1.29, 1.82) is 0 Å². The third-order valence-corrected chi connectivity index (χ3v) is 3.36. The molecule has 3 rings (SSSR count). The van der Waals surface area contributed by atoms with Crippen molar-refractivity contribution in [2.75, 3.05) is 0 Å². The first kappa shape index (κ1) is 11.4. The lowest BCUT2D eigenvalue weighted by Crippen LogP contribution is -2.01. The lowest BCUT2D eigenvalue weighted by atomic mass is 10.3. The molecule has 0 aliphatic heterocycles. The molecule has 0 unspecified atom stereocenters. The average Bonchev–Trinajstić information content (AvgIpc) is 2.70. The number of nitrogens with zero attached hydrogens (tertiary/aromatic N) is 3. The number of halogens is 1. The number of nitrogens with one attached hydrogen (secondary N) is 1. The van der Waals surface area contributed by atoms with E-state index in [-0.39, 0.29) is 0 Å². The number of para-hydroxylation sites is 1. The van der Waals surface area contributed by atoms with Gasteiger partial charge in [-0.25, -0.2) is 9.97 Å². The van der Waals surface area contributed by atoms with Crippen molar-refractivity contribution in [3.63, 3.8) is 0 Å². The number of aromatic nitrogens is 4. The van der Waals surface area contributed by atoms with Gasteiger partial charge in [0.2, 0.25) is 0 Å². The smallest absolute Gasteiger partial charge is 0.178 e. The van der Waals surface area contributed by atoms with Gasteiger partial charge in [0.1, 0.15) is 6.33 Å². The number of rotatable bonds is 2. The van der Waals surface area contributed by atoms with Gasteiger partial charge in [-0.3, -0.25) is 0 Å². The van der Waals surface area contributed by atoms with Gasteiger partial charge < -0.3 is 9.55 Å². The summed E-state index contributed by atoms with van der Waals surface area (Å²) in [5, 5.41) is 0.667. The maximum Gasteiger partial charge on any atom is 0.178 e. The summed E-state index contributed by atoms with van der Waals surface area (Å²) in [5.74, 6) is 0. The molecule has 0 aliphatic carbocycles. The molecule has 1 N–H and O–H groups in total. The minimum atomic E-state index is 0.599. The second-order valence-corrected chi connectivity index (χ2v) is 4.64. The first-order valence-corrected chi connectivity index (χ1v) is 6.16. The van der Waals surface area contributed by atoms with E-state index in [0.29, 0.717) is 16.3 Å². The molecule has 90 valence electrons. The van der Waals surface area contributed by atoms with Crippen molar-refractivity contribution in [2.24, 2.45) is 0 Å². The highest BCUT2D eigenvalue weighted by molar-refractivity contribution is 7.71. The van der Waals surface area contributed by atoms with Crippen LogP contribution < -0.4 is 0 Å². The summed E-state index contributed by atoms with van der Waals surface area (Å²) < 4.78 is 2.61. The van der Waals surface area contributed by atoms with Gasteiger partial charge in [0, 0.05) is 6.20 Å². The fourth-order valence-corrected chi connectivity index (χ4v) is 2.36. The topological polar surface area (TPSA) is 46.5 Å². The van der Waals surface area contributed by atoms with Crippen LogP contribution in [0.5, 0.6) is 0 Å².